The molecule has 64 valence electrons. The van der Waals surface area contributed by atoms with Gasteiger partial charge < -0.3 is 4.74 Å². The molecular formula is C11H14O. The zero-order chi connectivity index (χ0) is 8.97. The van der Waals surface area contributed by atoms with Crippen LogP contribution in [-0.2, 0) is 6.42 Å². The Morgan fingerprint density at radius 1 is 1.50 bits per heavy atom. The van der Waals surface area contributed by atoms with E-state index in [9.17, 15) is 0 Å². The van der Waals surface area contributed by atoms with Crippen molar-refractivity contribution >= 4 is 0 Å². The molecule has 1 aromatic carbocycles. The van der Waals surface area contributed by atoms with Gasteiger partial charge in [0, 0.05) is 0 Å². The van der Waals surface area contributed by atoms with Crippen molar-refractivity contribution in [3.63, 3.8) is 0 Å². The SMILES string of the molecule is C=CCc1ccc(OC)c(C)c1. The molecule has 0 spiro atoms. The zero-order valence-electron chi connectivity index (χ0n) is 7.63. The second-order valence-electron chi connectivity index (χ2n) is 2.80. The number of benzene rings is 1. The normalized spacial score (nSPS) is 9.50. The fourth-order valence-electron chi connectivity index (χ4n) is 1.23. The number of allylic oxidation sites excluding steroid dienone is 1. The number of hydrogen-bond donors (Lipinski definition) is 0. The van der Waals surface area contributed by atoms with E-state index in [0.29, 0.717) is 0 Å². The van der Waals surface area contributed by atoms with E-state index in [4.69, 9.17) is 4.74 Å². The van der Waals surface area contributed by atoms with Crippen molar-refractivity contribution in [3.05, 3.63) is 42.0 Å². The van der Waals surface area contributed by atoms with Gasteiger partial charge in [-0.1, -0.05) is 18.2 Å². The van der Waals surface area contributed by atoms with Gasteiger partial charge in [0.1, 0.15) is 5.75 Å². The van der Waals surface area contributed by atoms with Gasteiger partial charge in [0.15, 0.2) is 0 Å². The van der Waals surface area contributed by atoms with Gasteiger partial charge in [-0.25, -0.2) is 0 Å². The highest BCUT2D eigenvalue weighted by Gasteiger charge is 1.97. The number of rotatable bonds is 3. The molecule has 0 saturated heterocycles. The predicted octanol–water partition coefficient (Wildman–Crippen LogP) is 2.73. The summed E-state index contributed by atoms with van der Waals surface area (Å²) in [5.74, 6) is 0.947. The monoisotopic (exact) mass is 162 g/mol. The largest absolute Gasteiger partial charge is 0.496 e. The minimum atomic E-state index is 0.921. The molecular weight excluding hydrogens is 148 g/mol. The van der Waals surface area contributed by atoms with Crippen LogP contribution in [0.2, 0.25) is 0 Å². The van der Waals surface area contributed by atoms with Crippen molar-refractivity contribution in [3.8, 4) is 5.75 Å². The van der Waals surface area contributed by atoms with Crippen LogP contribution in [-0.4, -0.2) is 7.11 Å². The lowest BCUT2D eigenvalue weighted by Crippen LogP contribution is -1.88. The topological polar surface area (TPSA) is 9.23 Å². The third kappa shape index (κ3) is 1.88. The van der Waals surface area contributed by atoms with Crippen LogP contribution in [0.4, 0.5) is 0 Å². The molecule has 0 heterocycles. The van der Waals surface area contributed by atoms with E-state index < -0.39 is 0 Å². The second kappa shape index (κ2) is 3.96. The van der Waals surface area contributed by atoms with E-state index in [-0.39, 0.29) is 0 Å². The molecule has 1 heteroatoms. The molecule has 1 nitrogen and oxygen atoms in total. The maximum absolute atomic E-state index is 5.15. The molecule has 0 radical (unpaired) electrons. The van der Waals surface area contributed by atoms with Crippen LogP contribution in [0, 0.1) is 6.92 Å². The Kier molecular flexibility index (Phi) is 2.92. The van der Waals surface area contributed by atoms with E-state index in [0.717, 1.165) is 12.2 Å². The maximum atomic E-state index is 5.15. The number of hydrogen-bond acceptors (Lipinski definition) is 1. The van der Waals surface area contributed by atoms with Crippen LogP contribution < -0.4 is 4.74 Å². The molecule has 0 bridgehead atoms. The Bertz CT molecular complexity index is 276. The minimum Gasteiger partial charge on any atom is -0.496 e. The lowest BCUT2D eigenvalue weighted by atomic mass is 10.1. The van der Waals surface area contributed by atoms with Gasteiger partial charge in [0.2, 0.25) is 0 Å². The Hall–Kier alpha value is -1.24. The van der Waals surface area contributed by atoms with E-state index in [1.807, 2.05) is 19.1 Å². The summed E-state index contributed by atoms with van der Waals surface area (Å²) in [5.41, 5.74) is 2.46. The fourth-order valence-corrected chi connectivity index (χ4v) is 1.23. The fraction of sp³-hybridized carbons (Fsp3) is 0.273. The molecule has 0 aliphatic heterocycles. The van der Waals surface area contributed by atoms with E-state index >= 15 is 0 Å². The van der Waals surface area contributed by atoms with Crippen molar-refractivity contribution in [2.75, 3.05) is 7.11 Å². The van der Waals surface area contributed by atoms with Crippen molar-refractivity contribution in [1.82, 2.24) is 0 Å². The van der Waals surface area contributed by atoms with Gasteiger partial charge in [-0.15, -0.1) is 6.58 Å². The highest BCUT2D eigenvalue weighted by molar-refractivity contribution is 5.36. The van der Waals surface area contributed by atoms with Gasteiger partial charge in [0.05, 0.1) is 7.11 Å². The van der Waals surface area contributed by atoms with Gasteiger partial charge in [-0.3, -0.25) is 0 Å². The smallest absolute Gasteiger partial charge is 0.121 e. The molecule has 12 heavy (non-hydrogen) atoms. The van der Waals surface area contributed by atoms with Gasteiger partial charge in [-0.05, 0) is 30.5 Å². The van der Waals surface area contributed by atoms with Crippen LogP contribution >= 0.6 is 0 Å². The average Bonchev–Trinajstić information content (AvgIpc) is 2.05. The standard InChI is InChI=1S/C11H14O/c1-4-5-10-6-7-11(12-3)9(2)8-10/h4,6-8H,1,5H2,2-3H3. The van der Waals surface area contributed by atoms with Crippen LogP contribution in [0.5, 0.6) is 5.75 Å². The van der Waals surface area contributed by atoms with Crippen LogP contribution in [0.25, 0.3) is 0 Å². The van der Waals surface area contributed by atoms with Gasteiger partial charge >= 0.3 is 0 Å². The molecule has 0 fully saturated rings. The molecule has 0 N–H and O–H groups in total. The quantitative estimate of drug-likeness (QED) is 0.621. The lowest BCUT2D eigenvalue weighted by molar-refractivity contribution is 0.411. The van der Waals surface area contributed by atoms with Crippen molar-refractivity contribution < 1.29 is 4.74 Å². The van der Waals surface area contributed by atoms with Crippen LogP contribution in [0.15, 0.2) is 30.9 Å². The molecule has 0 aliphatic carbocycles. The van der Waals surface area contributed by atoms with Crippen molar-refractivity contribution in [2.45, 2.75) is 13.3 Å². The molecule has 1 aromatic rings. The van der Waals surface area contributed by atoms with E-state index in [1.165, 1.54) is 11.1 Å². The first kappa shape index (κ1) is 8.85. The van der Waals surface area contributed by atoms with Crippen molar-refractivity contribution in [1.29, 1.82) is 0 Å². The average molecular weight is 162 g/mol. The molecule has 1 rings (SSSR count). The first-order valence-electron chi connectivity index (χ1n) is 4.02. The Morgan fingerprint density at radius 2 is 2.25 bits per heavy atom. The lowest BCUT2D eigenvalue weighted by Gasteiger charge is -2.05. The van der Waals surface area contributed by atoms with E-state index in [2.05, 4.69) is 18.7 Å². The summed E-state index contributed by atoms with van der Waals surface area (Å²) in [6.45, 7) is 5.74. The second-order valence-corrected chi connectivity index (χ2v) is 2.80. The summed E-state index contributed by atoms with van der Waals surface area (Å²) in [5, 5.41) is 0. The van der Waals surface area contributed by atoms with Crippen LogP contribution in [0.1, 0.15) is 11.1 Å². The summed E-state index contributed by atoms with van der Waals surface area (Å²) in [4.78, 5) is 0. The first-order chi connectivity index (χ1) is 5.77. The summed E-state index contributed by atoms with van der Waals surface area (Å²) in [6, 6.07) is 6.18. The summed E-state index contributed by atoms with van der Waals surface area (Å²) >= 11 is 0. The van der Waals surface area contributed by atoms with Crippen molar-refractivity contribution in [2.24, 2.45) is 0 Å². The molecule has 0 aliphatic rings. The van der Waals surface area contributed by atoms with Gasteiger partial charge in [-0.2, -0.15) is 0 Å². The molecule has 0 saturated carbocycles. The maximum Gasteiger partial charge on any atom is 0.121 e. The first-order valence-corrected chi connectivity index (χ1v) is 4.02. The minimum absolute atomic E-state index is 0.921. The zero-order valence-corrected chi connectivity index (χ0v) is 7.63. The molecule has 0 aromatic heterocycles. The molecule has 0 amide bonds. The Balaban J connectivity index is 2.93. The highest BCUT2D eigenvalue weighted by atomic mass is 16.5. The predicted molar refractivity (Wildman–Crippen MR) is 51.6 cm³/mol. The molecule has 0 unspecified atom stereocenters. The summed E-state index contributed by atoms with van der Waals surface area (Å²) in [6.07, 6.45) is 2.83. The van der Waals surface area contributed by atoms with Crippen LogP contribution in [0.3, 0.4) is 0 Å². The Labute approximate surface area is 73.7 Å². The number of aryl methyl sites for hydroxylation is 1. The summed E-state index contributed by atoms with van der Waals surface area (Å²) < 4.78 is 5.15. The summed E-state index contributed by atoms with van der Waals surface area (Å²) in [7, 11) is 1.69. The number of ether oxygens (including phenoxy) is 1. The Morgan fingerprint density at radius 3 is 2.75 bits per heavy atom. The third-order valence-electron chi connectivity index (χ3n) is 1.84. The highest BCUT2D eigenvalue weighted by Crippen LogP contribution is 2.18. The van der Waals surface area contributed by atoms with E-state index in [1.54, 1.807) is 7.11 Å². The number of methoxy groups -OCH3 is 1. The van der Waals surface area contributed by atoms with Gasteiger partial charge in [0.25, 0.3) is 0 Å². The molecule has 0 atom stereocenters. The third-order valence-corrected chi connectivity index (χ3v) is 1.84.